The lowest BCUT2D eigenvalue weighted by molar-refractivity contribution is 0.435. The largest absolute Gasteiger partial charge is 0.507 e. The van der Waals surface area contributed by atoms with Crippen molar-refractivity contribution in [2.45, 2.75) is 23.6 Å². The van der Waals surface area contributed by atoms with Crippen molar-refractivity contribution in [3.63, 3.8) is 0 Å². The number of rotatable bonds is 2. The van der Waals surface area contributed by atoms with E-state index in [1.54, 1.807) is 6.07 Å². The maximum absolute atomic E-state index is 9.85. The molecular formula is C12H12N4O2S. The van der Waals surface area contributed by atoms with Crippen LogP contribution < -0.4 is 0 Å². The van der Waals surface area contributed by atoms with Crippen LogP contribution in [0.4, 0.5) is 0 Å². The number of nitrogens with zero attached hydrogens (tertiary/aromatic N) is 3. The molecule has 7 heteroatoms. The average Bonchev–Trinajstić information content (AvgIpc) is 2.82. The third-order valence-corrected chi connectivity index (χ3v) is 3.81. The summed E-state index contributed by atoms with van der Waals surface area (Å²) in [5.41, 5.74) is 1.64. The molecule has 19 heavy (non-hydrogen) atoms. The highest BCUT2D eigenvalue weighted by molar-refractivity contribution is 7.99. The number of benzene rings is 1. The van der Waals surface area contributed by atoms with Crippen LogP contribution in [0.15, 0.2) is 28.0 Å². The molecule has 0 spiro atoms. The van der Waals surface area contributed by atoms with Gasteiger partial charge in [-0.3, -0.25) is 0 Å². The van der Waals surface area contributed by atoms with Crippen molar-refractivity contribution in [1.29, 1.82) is 0 Å². The smallest absolute Gasteiger partial charge is 0.249 e. The van der Waals surface area contributed by atoms with Crippen LogP contribution in [0, 0.1) is 13.8 Å². The summed E-state index contributed by atoms with van der Waals surface area (Å²) in [5.74, 6) is 0.771. The molecule has 0 atom stereocenters. The molecule has 0 saturated carbocycles. The Balaban J connectivity index is 2.09. The van der Waals surface area contributed by atoms with Gasteiger partial charge in [-0.1, -0.05) is 17.8 Å². The van der Waals surface area contributed by atoms with Crippen LogP contribution in [0.2, 0.25) is 0 Å². The molecule has 0 unspecified atom stereocenters. The van der Waals surface area contributed by atoms with Crippen molar-refractivity contribution in [3.05, 3.63) is 29.6 Å². The fourth-order valence-electron chi connectivity index (χ4n) is 1.81. The second-order valence-electron chi connectivity index (χ2n) is 4.27. The van der Waals surface area contributed by atoms with Crippen LogP contribution in [0.5, 0.6) is 11.6 Å². The Morgan fingerprint density at radius 2 is 2.00 bits per heavy atom. The van der Waals surface area contributed by atoms with Gasteiger partial charge in [0.25, 0.3) is 0 Å². The van der Waals surface area contributed by atoms with Crippen LogP contribution >= 0.6 is 11.8 Å². The number of hydrogen-bond acceptors (Lipinski definition) is 5. The summed E-state index contributed by atoms with van der Waals surface area (Å²) in [7, 11) is 0. The second-order valence-corrected chi connectivity index (χ2v) is 5.33. The first kappa shape index (κ1) is 11.9. The fourth-order valence-corrected chi connectivity index (χ4v) is 2.81. The van der Waals surface area contributed by atoms with Gasteiger partial charge >= 0.3 is 0 Å². The zero-order valence-electron chi connectivity index (χ0n) is 10.4. The number of fused-ring (bicyclic) bond motifs is 1. The van der Waals surface area contributed by atoms with Gasteiger partial charge in [-0.25, -0.2) is 0 Å². The molecule has 2 aromatic heterocycles. The minimum atomic E-state index is -0.107. The Hall–Kier alpha value is -2.15. The van der Waals surface area contributed by atoms with Gasteiger partial charge in [-0.15, -0.1) is 14.8 Å². The van der Waals surface area contributed by atoms with Gasteiger partial charge in [0.2, 0.25) is 5.88 Å². The molecule has 0 fully saturated rings. The summed E-state index contributed by atoms with van der Waals surface area (Å²) < 4.78 is 1.35. The Morgan fingerprint density at radius 3 is 2.79 bits per heavy atom. The maximum Gasteiger partial charge on any atom is 0.249 e. The van der Waals surface area contributed by atoms with E-state index in [1.165, 1.54) is 16.4 Å². The average molecular weight is 276 g/mol. The summed E-state index contributed by atoms with van der Waals surface area (Å²) in [5, 5.41) is 27.7. The standard InChI is InChI=1S/C12H12N4O2S/c1-6-3-4-8(17)9(5-6)19-10-11-13-7(2)14-16(11)15-12(10)18/h3-5,17H,1-2H3,(H,13,14)(H,15,18). The molecule has 0 amide bonds. The first-order valence-electron chi connectivity index (χ1n) is 5.66. The van der Waals surface area contributed by atoms with Crippen LogP contribution in [0.25, 0.3) is 5.65 Å². The highest BCUT2D eigenvalue weighted by Crippen LogP contribution is 2.40. The molecule has 0 aliphatic rings. The Morgan fingerprint density at radius 1 is 1.21 bits per heavy atom. The van der Waals surface area contributed by atoms with Crippen molar-refractivity contribution >= 4 is 17.4 Å². The van der Waals surface area contributed by atoms with Gasteiger partial charge in [0.1, 0.15) is 16.5 Å². The summed E-state index contributed by atoms with van der Waals surface area (Å²) >= 11 is 1.25. The summed E-state index contributed by atoms with van der Waals surface area (Å²) in [6.45, 7) is 3.75. The second kappa shape index (κ2) is 4.20. The third-order valence-electron chi connectivity index (χ3n) is 2.68. The number of phenolic OH excluding ortho intramolecular Hbond substituents is 1. The molecule has 6 nitrogen and oxygen atoms in total. The lowest BCUT2D eigenvalue weighted by Gasteiger charge is -2.04. The van der Waals surface area contributed by atoms with Crippen molar-refractivity contribution in [2.24, 2.45) is 0 Å². The minimum absolute atomic E-state index is 0.107. The highest BCUT2D eigenvalue weighted by Gasteiger charge is 2.17. The molecule has 1 aromatic carbocycles. The minimum Gasteiger partial charge on any atom is -0.507 e. The van der Waals surface area contributed by atoms with E-state index in [0.29, 0.717) is 21.3 Å². The van der Waals surface area contributed by atoms with Gasteiger partial charge < -0.3 is 15.2 Å². The maximum atomic E-state index is 9.85. The zero-order chi connectivity index (χ0) is 13.6. The van der Waals surface area contributed by atoms with Gasteiger partial charge in [0.05, 0.1) is 4.90 Å². The predicted molar refractivity (Wildman–Crippen MR) is 70.7 cm³/mol. The number of aromatic amines is 1. The quantitative estimate of drug-likeness (QED) is 0.668. The van der Waals surface area contributed by atoms with E-state index in [9.17, 15) is 10.2 Å². The monoisotopic (exact) mass is 276 g/mol. The normalized spacial score (nSPS) is 11.3. The Bertz CT molecular complexity index is 763. The Kier molecular flexibility index (Phi) is 2.63. The molecular weight excluding hydrogens is 264 g/mol. The van der Waals surface area contributed by atoms with Gasteiger partial charge in [0, 0.05) is 0 Å². The molecule has 3 rings (SSSR count). The molecule has 0 aliphatic heterocycles. The molecule has 98 valence electrons. The molecule has 0 saturated heterocycles. The number of aromatic nitrogens is 4. The van der Waals surface area contributed by atoms with Crippen LogP contribution in [0.1, 0.15) is 11.4 Å². The van der Waals surface area contributed by atoms with Crippen molar-refractivity contribution in [3.8, 4) is 11.6 Å². The number of aromatic hydroxyl groups is 2. The summed E-state index contributed by atoms with van der Waals surface area (Å²) in [6.07, 6.45) is 0. The lowest BCUT2D eigenvalue weighted by atomic mass is 10.2. The van der Waals surface area contributed by atoms with E-state index in [1.807, 2.05) is 26.0 Å². The molecule has 3 aromatic rings. The van der Waals surface area contributed by atoms with Crippen molar-refractivity contribution < 1.29 is 10.2 Å². The lowest BCUT2D eigenvalue weighted by Crippen LogP contribution is -1.85. The van der Waals surface area contributed by atoms with Gasteiger partial charge in [-0.05, 0) is 31.5 Å². The highest BCUT2D eigenvalue weighted by atomic mass is 32.2. The van der Waals surface area contributed by atoms with Gasteiger partial charge in [0.15, 0.2) is 5.65 Å². The predicted octanol–water partition coefficient (Wildman–Crippen LogP) is 2.24. The number of hydrogen-bond donors (Lipinski definition) is 3. The van der Waals surface area contributed by atoms with E-state index in [4.69, 9.17) is 0 Å². The Labute approximate surface area is 113 Å². The summed E-state index contributed by atoms with van der Waals surface area (Å²) in [4.78, 5) is 4.24. The fraction of sp³-hybridized carbons (Fsp3) is 0.167. The molecule has 0 aliphatic carbocycles. The van der Waals surface area contributed by atoms with Crippen LogP contribution in [-0.4, -0.2) is 30.0 Å². The van der Waals surface area contributed by atoms with E-state index >= 15 is 0 Å². The van der Waals surface area contributed by atoms with E-state index in [-0.39, 0.29) is 11.6 Å². The van der Waals surface area contributed by atoms with Crippen molar-refractivity contribution in [1.82, 2.24) is 19.8 Å². The first-order valence-corrected chi connectivity index (χ1v) is 6.48. The molecule has 0 radical (unpaired) electrons. The zero-order valence-corrected chi connectivity index (χ0v) is 11.2. The molecule has 2 heterocycles. The third kappa shape index (κ3) is 2.01. The van der Waals surface area contributed by atoms with Gasteiger partial charge in [-0.2, -0.15) is 0 Å². The van der Waals surface area contributed by atoms with Crippen molar-refractivity contribution in [2.75, 3.05) is 0 Å². The van der Waals surface area contributed by atoms with E-state index < -0.39 is 0 Å². The topological polar surface area (TPSA) is 86.4 Å². The summed E-state index contributed by atoms with van der Waals surface area (Å²) in [6, 6.07) is 5.31. The van der Waals surface area contributed by atoms with Crippen LogP contribution in [-0.2, 0) is 0 Å². The SMILES string of the molecule is Cc1ccc(O)c(Sc2c(O)nn3nc(C)[nH]c23)c1. The number of aryl methyl sites for hydroxylation is 2. The van der Waals surface area contributed by atoms with Crippen LogP contribution in [0.3, 0.4) is 0 Å². The van der Waals surface area contributed by atoms with E-state index in [2.05, 4.69) is 15.2 Å². The molecule has 3 N–H and O–H groups in total. The molecule has 0 bridgehead atoms. The number of H-pyrrole nitrogens is 1. The number of phenols is 1. The first-order chi connectivity index (χ1) is 9.04. The number of nitrogens with one attached hydrogen (secondary N) is 1. The van der Waals surface area contributed by atoms with E-state index in [0.717, 1.165) is 5.56 Å².